The van der Waals surface area contributed by atoms with Crippen LogP contribution in [0.25, 0.3) is 44.1 Å². The third kappa shape index (κ3) is 1.83. The Kier molecular flexibility index (Phi) is 2.83. The Morgan fingerprint density at radius 1 is 0.417 bits per heavy atom. The van der Waals surface area contributed by atoms with Crippen molar-refractivity contribution in [3.8, 4) is 22.5 Å². The molecule has 5 aromatic rings. The van der Waals surface area contributed by atoms with Gasteiger partial charge in [-0.05, 0) is 45.8 Å². The van der Waals surface area contributed by atoms with Gasteiger partial charge in [-0.3, -0.25) is 0 Å². The summed E-state index contributed by atoms with van der Waals surface area (Å²) < 4.78 is 0. The zero-order valence-corrected chi connectivity index (χ0v) is 13.1. The molecule has 3 aromatic carbocycles. The van der Waals surface area contributed by atoms with Crippen molar-refractivity contribution in [3.63, 3.8) is 0 Å². The number of hydrogen-bond acceptors (Lipinski definition) is 0. The summed E-state index contributed by atoms with van der Waals surface area (Å²) in [5, 5.41) is 5.07. The summed E-state index contributed by atoms with van der Waals surface area (Å²) >= 11 is 0. The molecule has 0 atom stereocenters. The fraction of sp³-hybridized carbons (Fsp3) is 0. The van der Waals surface area contributed by atoms with Crippen LogP contribution in [-0.2, 0) is 0 Å². The summed E-state index contributed by atoms with van der Waals surface area (Å²) in [5.74, 6) is 0. The van der Waals surface area contributed by atoms with E-state index >= 15 is 0 Å². The van der Waals surface area contributed by atoms with E-state index in [1.807, 2.05) is 12.4 Å². The minimum Gasteiger partial charge on any atom is -0.361 e. The lowest BCUT2D eigenvalue weighted by Gasteiger charge is -2.15. The highest BCUT2D eigenvalue weighted by Crippen LogP contribution is 2.42. The minimum atomic E-state index is 1.15. The van der Waals surface area contributed by atoms with Crippen LogP contribution in [0.3, 0.4) is 0 Å². The molecule has 0 bridgehead atoms. The molecule has 0 saturated carbocycles. The number of aromatic amines is 2. The molecule has 0 spiro atoms. The molecule has 24 heavy (non-hydrogen) atoms. The number of rotatable bonds is 2. The Bertz CT molecular complexity index is 984. The van der Waals surface area contributed by atoms with Gasteiger partial charge in [0.2, 0.25) is 0 Å². The molecular formula is C22H16N2. The monoisotopic (exact) mass is 308 g/mol. The molecule has 2 heteroatoms. The fourth-order valence-electron chi connectivity index (χ4n) is 3.68. The number of nitrogens with one attached hydrogen (secondary N) is 2. The fourth-order valence-corrected chi connectivity index (χ4v) is 3.68. The van der Waals surface area contributed by atoms with E-state index < -0.39 is 0 Å². The maximum absolute atomic E-state index is 3.38. The highest BCUT2D eigenvalue weighted by atomic mass is 14.7. The minimum absolute atomic E-state index is 1.15. The predicted octanol–water partition coefficient (Wildman–Crippen LogP) is 5.98. The van der Waals surface area contributed by atoms with Crippen LogP contribution in [0.15, 0.2) is 85.2 Å². The summed E-state index contributed by atoms with van der Waals surface area (Å²) in [6.45, 7) is 0. The first kappa shape index (κ1) is 13.2. The molecule has 0 aliphatic rings. The first-order valence-corrected chi connectivity index (χ1v) is 8.14. The molecule has 0 saturated heterocycles. The Hall–Kier alpha value is -3.26. The van der Waals surface area contributed by atoms with E-state index in [0.717, 1.165) is 11.4 Å². The lowest BCUT2D eigenvalue weighted by molar-refractivity contribution is 1.41. The van der Waals surface area contributed by atoms with Gasteiger partial charge in [0, 0.05) is 34.9 Å². The van der Waals surface area contributed by atoms with Crippen LogP contribution in [0.4, 0.5) is 0 Å². The lowest BCUT2D eigenvalue weighted by atomic mass is 9.89. The molecule has 5 rings (SSSR count). The van der Waals surface area contributed by atoms with Gasteiger partial charge in [0.25, 0.3) is 0 Å². The Morgan fingerprint density at radius 3 is 1.08 bits per heavy atom. The molecule has 0 aliphatic carbocycles. The third-order valence-electron chi connectivity index (χ3n) is 4.67. The Labute approximate surface area is 139 Å². The molecule has 0 amide bonds. The zero-order valence-electron chi connectivity index (χ0n) is 13.1. The van der Waals surface area contributed by atoms with Crippen molar-refractivity contribution in [1.82, 2.24) is 9.97 Å². The van der Waals surface area contributed by atoms with Gasteiger partial charge in [-0.25, -0.2) is 0 Å². The molecule has 2 nitrogen and oxygen atoms in total. The van der Waals surface area contributed by atoms with Crippen molar-refractivity contribution in [2.45, 2.75) is 0 Å². The SMILES string of the molecule is c1c[nH]c(-c2c3ccccc3c(-c3ccc[nH]3)c3ccccc23)c1. The molecule has 0 fully saturated rings. The average molecular weight is 308 g/mol. The van der Waals surface area contributed by atoms with Crippen LogP contribution in [0.1, 0.15) is 0 Å². The molecule has 0 unspecified atom stereocenters. The van der Waals surface area contributed by atoms with Crippen LogP contribution >= 0.6 is 0 Å². The van der Waals surface area contributed by atoms with E-state index in [4.69, 9.17) is 0 Å². The second-order valence-electron chi connectivity index (χ2n) is 6.01. The van der Waals surface area contributed by atoms with E-state index in [2.05, 4.69) is 82.8 Å². The maximum atomic E-state index is 3.38. The van der Waals surface area contributed by atoms with Gasteiger partial charge < -0.3 is 9.97 Å². The Morgan fingerprint density at radius 2 is 0.792 bits per heavy atom. The second kappa shape index (κ2) is 5.14. The van der Waals surface area contributed by atoms with Crippen LogP contribution in [0.2, 0.25) is 0 Å². The topological polar surface area (TPSA) is 31.6 Å². The van der Waals surface area contributed by atoms with Crippen LogP contribution < -0.4 is 0 Å². The van der Waals surface area contributed by atoms with Crippen LogP contribution in [-0.4, -0.2) is 9.97 Å². The highest BCUT2D eigenvalue weighted by molar-refractivity contribution is 6.20. The number of benzene rings is 3. The molecule has 2 N–H and O–H groups in total. The third-order valence-corrected chi connectivity index (χ3v) is 4.67. The summed E-state index contributed by atoms with van der Waals surface area (Å²) in [4.78, 5) is 6.77. The predicted molar refractivity (Wildman–Crippen MR) is 101 cm³/mol. The normalized spacial score (nSPS) is 11.3. The maximum Gasteiger partial charge on any atom is 0.0466 e. The van der Waals surface area contributed by atoms with Crippen molar-refractivity contribution in [2.75, 3.05) is 0 Å². The number of aromatic nitrogens is 2. The van der Waals surface area contributed by atoms with Gasteiger partial charge in [-0.15, -0.1) is 0 Å². The van der Waals surface area contributed by atoms with Gasteiger partial charge in [0.15, 0.2) is 0 Å². The highest BCUT2D eigenvalue weighted by Gasteiger charge is 2.16. The van der Waals surface area contributed by atoms with Gasteiger partial charge in [0.1, 0.15) is 0 Å². The quantitative estimate of drug-likeness (QED) is 0.376. The first-order valence-electron chi connectivity index (χ1n) is 8.14. The van der Waals surface area contributed by atoms with E-state index in [-0.39, 0.29) is 0 Å². The van der Waals surface area contributed by atoms with E-state index in [9.17, 15) is 0 Å². The van der Waals surface area contributed by atoms with Crippen molar-refractivity contribution >= 4 is 21.5 Å². The van der Waals surface area contributed by atoms with E-state index in [1.165, 1.54) is 32.7 Å². The van der Waals surface area contributed by atoms with Gasteiger partial charge in [-0.1, -0.05) is 48.5 Å². The first-order chi connectivity index (χ1) is 11.9. The molecule has 0 radical (unpaired) electrons. The summed E-state index contributed by atoms with van der Waals surface area (Å²) in [7, 11) is 0. The number of H-pyrrole nitrogens is 2. The summed E-state index contributed by atoms with van der Waals surface area (Å²) in [6.07, 6.45) is 3.97. The summed E-state index contributed by atoms with van der Waals surface area (Å²) in [6, 6.07) is 25.7. The average Bonchev–Trinajstić information content (AvgIpc) is 3.33. The zero-order chi connectivity index (χ0) is 15.9. The van der Waals surface area contributed by atoms with Crippen molar-refractivity contribution in [1.29, 1.82) is 0 Å². The van der Waals surface area contributed by atoms with Gasteiger partial charge in [-0.2, -0.15) is 0 Å². The largest absolute Gasteiger partial charge is 0.361 e. The lowest BCUT2D eigenvalue weighted by Crippen LogP contribution is -1.90. The van der Waals surface area contributed by atoms with Gasteiger partial charge in [0.05, 0.1) is 0 Å². The number of fused-ring (bicyclic) bond motifs is 2. The van der Waals surface area contributed by atoms with Crippen molar-refractivity contribution in [2.24, 2.45) is 0 Å². The van der Waals surface area contributed by atoms with Crippen LogP contribution in [0.5, 0.6) is 0 Å². The number of hydrogen-bond donors (Lipinski definition) is 2. The van der Waals surface area contributed by atoms with E-state index in [1.54, 1.807) is 0 Å². The standard InChI is InChI=1S/C22H16N2/c1-2-8-16-15(7-1)21(19-11-5-13-23-19)17-9-3-4-10-18(17)22(16)20-12-6-14-24-20/h1-14,23-24H. The molecule has 0 aliphatic heterocycles. The summed E-state index contributed by atoms with van der Waals surface area (Å²) in [5.41, 5.74) is 4.84. The van der Waals surface area contributed by atoms with E-state index in [0.29, 0.717) is 0 Å². The molecule has 2 aromatic heterocycles. The van der Waals surface area contributed by atoms with Crippen molar-refractivity contribution < 1.29 is 0 Å². The van der Waals surface area contributed by atoms with Crippen LogP contribution in [0, 0.1) is 0 Å². The molecule has 114 valence electrons. The Balaban J connectivity index is 2.06. The molecular weight excluding hydrogens is 292 g/mol. The van der Waals surface area contributed by atoms with Crippen molar-refractivity contribution in [3.05, 3.63) is 85.2 Å². The smallest absolute Gasteiger partial charge is 0.0466 e. The second-order valence-corrected chi connectivity index (χ2v) is 6.01. The van der Waals surface area contributed by atoms with Gasteiger partial charge >= 0.3 is 0 Å². The molecule has 2 heterocycles.